The molecule has 1 aromatic carbocycles. The van der Waals surface area contributed by atoms with Crippen molar-refractivity contribution in [3.63, 3.8) is 0 Å². The van der Waals surface area contributed by atoms with E-state index in [1.165, 1.54) is 0 Å². The second-order valence-electron chi connectivity index (χ2n) is 5.62. The number of rotatable bonds is 3. The SMILES string of the molecule is [B]c1cc(-c2nc(C(C)C)cs2)nc2c(C)c(OC)ccc12. The lowest BCUT2D eigenvalue weighted by Crippen LogP contribution is -2.07. The summed E-state index contributed by atoms with van der Waals surface area (Å²) in [6.45, 7) is 6.27. The molecule has 2 aromatic heterocycles. The van der Waals surface area contributed by atoms with E-state index in [-0.39, 0.29) is 0 Å². The molecule has 5 heteroatoms. The molecule has 0 spiro atoms. The Labute approximate surface area is 135 Å². The highest BCUT2D eigenvalue weighted by Crippen LogP contribution is 2.29. The first-order valence-electron chi connectivity index (χ1n) is 7.21. The number of hydrogen-bond donors (Lipinski definition) is 0. The number of nitrogens with zero attached hydrogens (tertiary/aromatic N) is 2. The summed E-state index contributed by atoms with van der Waals surface area (Å²) < 4.78 is 5.38. The minimum absolute atomic E-state index is 0.407. The van der Waals surface area contributed by atoms with Gasteiger partial charge in [0.25, 0.3) is 0 Å². The molecule has 2 radical (unpaired) electrons. The topological polar surface area (TPSA) is 35.0 Å². The largest absolute Gasteiger partial charge is 0.496 e. The molecule has 0 aliphatic heterocycles. The van der Waals surface area contributed by atoms with E-state index in [0.29, 0.717) is 11.4 Å². The number of hydrogen-bond acceptors (Lipinski definition) is 4. The van der Waals surface area contributed by atoms with E-state index in [4.69, 9.17) is 17.6 Å². The Kier molecular flexibility index (Phi) is 3.91. The predicted molar refractivity (Wildman–Crippen MR) is 93.6 cm³/mol. The number of aryl methyl sites for hydroxylation is 1. The van der Waals surface area contributed by atoms with E-state index < -0.39 is 0 Å². The Morgan fingerprint density at radius 2 is 2.00 bits per heavy atom. The van der Waals surface area contributed by atoms with Crippen molar-refractivity contribution in [3.05, 3.63) is 34.8 Å². The van der Waals surface area contributed by atoms with Gasteiger partial charge in [0, 0.05) is 10.9 Å². The molecule has 0 bridgehead atoms. The van der Waals surface area contributed by atoms with Crippen LogP contribution < -0.4 is 10.2 Å². The van der Waals surface area contributed by atoms with Crippen LogP contribution in [-0.2, 0) is 0 Å². The average molecular weight is 308 g/mol. The summed E-state index contributed by atoms with van der Waals surface area (Å²) in [4.78, 5) is 9.44. The maximum atomic E-state index is 6.22. The predicted octanol–water partition coefficient (Wildman–Crippen LogP) is 3.59. The van der Waals surface area contributed by atoms with Crippen LogP contribution in [0.15, 0.2) is 23.6 Å². The van der Waals surface area contributed by atoms with Crippen LogP contribution in [0.5, 0.6) is 5.75 Å². The molecule has 0 N–H and O–H groups in total. The molecule has 110 valence electrons. The highest BCUT2D eigenvalue weighted by molar-refractivity contribution is 7.13. The summed E-state index contributed by atoms with van der Waals surface area (Å²) in [6, 6.07) is 5.78. The fourth-order valence-corrected chi connectivity index (χ4v) is 3.38. The van der Waals surface area contributed by atoms with Gasteiger partial charge in [-0.05, 0) is 36.4 Å². The Bertz CT molecular complexity index is 842. The van der Waals surface area contributed by atoms with Gasteiger partial charge in [0.15, 0.2) is 0 Å². The summed E-state index contributed by atoms with van der Waals surface area (Å²) in [7, 11) is 7.88. The van der Waals surface area contributed by atoms with Crippen molar-refractivity contribution in [2.75, 3.05) is 7.11 Å². The molecule has 0 aliphatic rings. The number of methoxy groups -OCH3 is 1. The summed E-state index contributed by atoms with van der Waals surface area (Å²) in [5.74, 6) is 1.23. The van der Waals surface area contributed by atoms with Crippen LogP contribution in [0.1, 0.15) is 31.0 Å². The van der Waals surface area contributed by atoms with E-state index >= 15 is 0 Å². The van der Waals surface area contributed by atoms with Crippen molar-refractivity contribution in [1.29, 1.82) is 0 Å². The zero-order valence-electron chi connectivity index (χ0n) is 13.2. The molecule has 3 aromatic rings. The monoisotopic (exact) mass is 308 g/mol. The van der Waals surface area contributed by atoms with Gasteiger partial charge in [-0.15, -0.1) is 11.3 Å². The van der Waals surface area contributed by atoms with Gasteiger partial charge >= 0.3 is 0 Å². The van der Waals surface area contributed by atoms with Crippen LogP contribution in [0.3, 0.4) is 0 Å². The van der Waals surface area contributed by atoms with Crippen LogP contribution in [0.4, 0.5) is 0 Å². The molecule has 2 heterocycles. The van der Waals surface area contributed by atoms with Gasteiger partial charge in [-0.3, -0.25) is 0 Å². The van der Waals surface area contributed by atoms with Crippen molar-refractivity contribution in [3.8, 4) is 16.5 Å². The lowest BCUT2D eigenvalue weighted by Gasteiger charge is -2.11. The van der Waals surface area contributed by atoms with Gasteiger partial charge < -0.3 is 4.74 Å². The highest BCUT2D eigenvalue weighted by atomic mass is 32.1. The average Bonchev–Trinajstić information content (AvgIpc) is 2.98. The van der Waals surface area contributed by atoms with Crippen LogP contribution in [0.25, 0.3) is 21.6 Å². The first kappa shape index (κ1) is 15.0. The molecule has 0 aliphatic carbocycles. The van der Waals surface area contributed by atoms with Crippen LogP contribution >= 0.6 is 11.3 Å². The van der Waals surface area contributed by atoms with Crippen LogP contribution in [-0.4, -0.2) is 24.9 Å². The second-order valence-corrected chi connectivity index (χ2v) is 6.48. The Morgan fingerprint density at radius 3 is 2.64 bits per heavy atom. The fraction of sp³-hybridized carbons (Fsp3) is 0.294. The number of thiazole rings is 1. The zero-order valence-corrected chi connectivity index (χ0v) is 14.0. The third-order valence-electron chi connectivity index (χ3n) is 3.77. The number of benzene rings is 1. The summed E-state index contributed by atoms with van der Waals surface area (Å²) in [5, 5.41) is 3.93. The van der Waals surface area contributed by atoms with Crippen molar-refractivity contribution in [1.82, 2.24) is 9.97 Å². The quantitative estimate of drug-likeness (QED) is 0.694. The maximum Gasteiger partial charge on any atom is 0.142 e. The van der Waals surface area contributed by atoms with Crippen molar-refractivity contribution >= 4 is 35.5 Å². The van der Waals surface area contributed by atoms with Crippen molar-refractivity contribution in [2.45, 2.75) is 26.7 Å². The third-order valence-corrected chi connectivity index (χ3v) is 4.65. The molecule has 0 atom stereocenters. The van der Waals surface area contributed by atoms with Crippen LogP contribution in [0, 0.1) is 6.92 Å². The number of ether oxygens (including phenoxy) is 1. The van der Waals surface area contributed by atoms with Gasteiger partial charge in [-0.1, -0.05) is 19.3 Å². The fourth-order valence-electron chi connectivity index (χ4n) is 2.44. The molecule has 0 saturated heterocycles. The Balaban J connectivity index is 2.20. The lowest BCUT2D eigenvalue weighted by molar-refractivity contribution is 0.412. The standard InChI is InChI=1S/C17H17BN2OS/c1-9(2)14-8-22-17(20-14)13-7-12(18)11-5-6-15(21-4)10(3)16(11)19-13/h5-9H,1-4H3. The lowest BCUT2D eigenvalue weighted by atomic mass is 9.90. The summed E-state index contributed by atoms with van der Waals surface area (Å²) in [6.07, 6.45) is 0. The third kappa shape index (κ3) is 2.50. The minimum Gasteiger partial charge on any atom is -0.496 e. The van der Waals surface area contributed by atoms with Crippen molar-refractivity contribution in [2.24, 2.45) is 0 Å². The van der Waals surface area contributed by atoms with Gasteiger partial charge in [0.05, 0.1) is 24.0 Å². The smallest absolute Gasteiger partial charge is 0.142 e. The molecule has 0 fully saturated rings. The first-order chi connectivity index (χ1) is 10.5. The molecular formula is C17H17BN2OS. The number of fused-ring (bicyclic) bond motifs is 1. The van der Waals surface area contributed by atoms with E-state index in [0.717, 1.165) is 38.6 Å². The molecule has 3 nitrogen and oxygen atoms in total. The maximum absolute atomic E-state index is 6.22. The van der Waals surface area contributed by atoms with Crippen molar-refractivity contribution < 1.29 is 4.74 Å². The normalized spacial score (nSPS) is 11.3. The highest BCUT2D eigenvalue weighted by Gasteiger charge is 2.13. The van der Waals surface area contributed by atoms with Gasteiger partial charge in [-0.2, -0.15) is 0 Å². The minimum atomic E-state index is 0.407. The van der Waals surface area contributed by atoms with Crippen LogP contribution in [0.2, 0.25) is 0 Å². The van der Waals surface area contributed by atoms with E-state index in [9.17, 15) is 0 Å². The van der Waals surface area contributed by atoms with Gasteiger partial charge in [-0.25, -0.2) is 9.97 Å². The molecule has 0 unspecified atom stereocenters. The van der Waals surface area contributed by atoms with E-state index in [2.05, 4.69) is 24.2 Å². The number of pyridine rings is 1. The van der Waals surface area contributed by atoms with Gasteiger partial charge in [0.2, 0.25) is 0 Å². The van der Waals surface area contributed by atoms with E-state index in [1.54, 1.807) is 18.4 Å². The molecular weight excluding hydrogens is 291 g/mol. The van der Waals surface area contributed by atoms with Gasteiger partial charge in [0.1, 0.15) is 18.6 Å². The zero-order chi connectivity index (χ0) is 15.9. The van der Waals surface area contributed by atoms with E-state index in [1.807, 2.05) is 25.1 Å². The number of aromatic nitrogens is 2. The first-order valence-corrected chi connectivity index (χ1v) is 8.09. The molecule has 22 heavy (non-hydrogen) atoms. The Morgan fingerprint density at radius 1 is 1.23 bits per heavy atom. The summed E-state index contributed by atoms with van der Waals surface area (Å²) in [5.41, 5.74) is 4.48. The molecule has 3 rings (SSSR count). The molecule has 0 amide bonds. The molecule has 0 saturated carbocycles. The summed E-state index contributed by atoms with van der Waals surface area (Å²) >= 11 is 1.60. The Hall–Kier alpha value is -1.88. The second kappa shape index (κ2) is 5.73.